The van der Waals surface area contributed by atoms with Crippen LogP contribution in [0.25, 0.3) is 5.69 Å². The van der Waals surface area contributed by atoms with Gasteiger partial charge in [-0.3, -0.25) is 14.8 Å². The predicted molar refractivity (Wildman–Crippen MR) is 114 cm³/mol. The van der Waals surface area contributed by atoms with Crippen LogP contribution in [-0.4, -0.2) is 32.2 Å². The van der Waals surface area contributed by atoms with Crippen LogP contribution < -0.4 is 5.32 Å². The minimum absolute atomic E-state index is 0.159. The van der Waals surface area contributed by atoms with E-state index in [-0.39, 0.29) is 5.91 Å². The summed E-state index contributed by atoms with van der Waals surface area (Å²) in [7, 11) is 0. The molecule has 4 aromatic rings. The molecule has 2 aromatic heterocycles. The first-order chi connectivity index (χ1) is 14.8. The fourth-order valence-electron chi connectivity index (χ4n) is 2.91. The maximum atomic E-state index is 12.6. The monoisotopic (exact) mass is 393 g/mol. The van der Waals surface area contributed by atoms with Crippen molar-refractivity contribution in [2.45, 2.75) is 6.42 Å². The van der Waals surface area contributed by atoms with E-state index in [4.69, 9.17) is 0 Å². The lowest BCUT2D eigenvalue weighted by molar-refractivity contribution is 0.0954. The second-order valence-electron chi connectivity index (χ2n) is 6.50. The fourth-order valence-corrected chi connectivity index (χ4v) is 2.91. The Bertz CT molecular complexity index is 1180. The van der Waals surface area contributed by atoms with Crippen LogP contribution in [0.4, 0.5) is 0 Å². The van der Waals surface area contributed by atoms with E-state index in [0.717, 1.165) is 22.5 Å². The van der Waals surface area contributed by atoms with Gasteiger partial charge in [0.2, 0.25) is 0 Å². The normalized spacial score (nSPS) is 10.1. The zero-order chi connectivity index (χ0) is 20.6. The number of amides is 1. The predicted octanol–water partition coefficient (Wildman–Crippen LogP) is 3.03. The van der Waals surface area contributed by atoms with Crippen LogP contribution in [0.2, 0.25) is 0 Å². The van der Waals surface area contributed by atoms with Crippen LogP contribution in [0.1, 0.15) is 27.2 Å². The highest BCUT2D eigenvalue weighted by Gasteiger charge is 2.10. The summed E-state index contributed by atoms with van der Waals surface area (Å²) in [4.78, 5) is 20.9. The highest BCUT2D eigenvalue weighted by Crippen LogP contribution is 2.16. The van der Waals surface area contributed by atoms with E-state index >= 15 is 0 Å². The van der Waals surface area contributed by atoms with Gasteiger partial charge < -0.3 is 5.32 Å². The van der Waals surface area contributed by atoms with Gasteiger partial charge in [0.1, 0.15) is 0 Å². The van der Waals surface area contributed by atoms with Crippen molar-refractivity contribution in [1.29, 1.82) is 0 Å². The average molecular weight is 393 g/mol. The molecule has 6 nitrogen and oxygen atoms in total. The quantitative estimate of drug-likeness (QED) is 0.529. The number of hydrogen-bond donors (Lipinski definition) is 1. The first-order valence-corrected chi connectivity index (χ1v) is 9.54. The third-order valence-corrected chi connectivity index (χ3v) is 4.41. The second-order valence-corrected chi connectivity index (χ2v) is 6.50. The molecule has 4 rings (SSSR count). The van der Waals surface area contributed by atoms with Gasteiger partial charge in [0.15, 0.2) is 0 Å². The molecule has 0 spiro atoms. The SMILES string of the molecule is O=C(NCCc1cnccn1)c1ccc(-n2cccn2)c(C#Cc2ccccc2)c1. The van der Waals surface area contributed by atoms with Crippen LogP contribution in [0, 0.1) is 11.8 Å². The molecule has 1 amide bonds. The smallest absolute Gasteiger partial charge is 0.251 e. The first-order valence-electron chi connectivity index (χ1n) is 9.54. The molecule has 0 aliphatic carbocycles. The molecular formula is C24H19N5O. The number of rotatable bonds is 5. The van der Waals surface area contributed by atoms with Crippen molar-refractivity contribution in [3.63, 3.8) is 0 Å². The lowest BCUT2D eigenvalue weighted by Crippen LogP contribution is -2.26. The summed E-state index contributed by atoms with van der Waals surface area (Å²) >= 11 is 0. The van der Waals surface area contributed by atoms with E-state index in [0.29, 0.717) is 18.5 Å². The van der Waals surface area contributed by atoms with Crippen LogP contribution in [-0.2, 0) is 6.42 Å². The van der Waals surface area contributed by atoms with Gasteiger partial charge in [0.25, 0.3) is 5.91 Å². The lowest BCUT2D eigenvalue weighted by Gasteiger charge is -2.09. The molecule has 0 fully saturated rings. The first kappa shape index (κ1) is 19.1. The summed E-state index contributed by atoms with van der Waals surface area (Å²) in [5, 5.41) is 7.22. The van der Waals surface area contributed by atoms with Gasteiger partial charge in [-0.2, -0.15) is 5.10 Å². The number of hydrogen-bond acceptors (Lipinski definition) is 4. The minimum Gasteiger partial charge on any atom is -0.352 e. The molecule has 0 atom stereocenters. The van der Waals surface area contributed by atoms with E-state index in [1.165, 1.54) is 0 Å². The molecule has 0 radical (unpaired) electrons. The van der Waals surface area contributed by atoms with E-state index in [2.05, 4.69) is 32.2 Å². The van der Waals surface area contributed by atoms with E-state index < -0.39 is 0 Å². The number of carbonyl (C=O) groups is 1. The zero-order valence-electron chi connectivity index (χ0n) is 16.2. The maximum absolute atomic E-state index is 12.6. The summed E-state index contributed by atoms with van der Waals surface area (Å²) in [5.74, 6) is 6.18. The lowest BCUT2D eigenvalue weighted by atomic mass is 10.1. The summed E-state index contributed by atoms with van der Waals surface area (Å²) in [6.45, 7) is 0.476. The highest BCUT2D eigenvalue weighted by molar-refractivity contribution is 5.95. The fraction of sp³-hybridized carbons (Fsp3) is 0.0833. The van der Waals surface area contributed by atoms with Gasteiger partial charge in [-0.15, -0.1) is 0 Å². The van der Waals surface area contributed by atoms with Gasteiger partial charge in [-0.05, 0) is 36.4 Å². The summed E-state index contributed by atoms with van der Waals surface area (Å²) in [6.07, 6.45) is 9.14. The largest absolute Gasteiger partial charge is 0.352 e. The number of carbonyl (C=O) groups excluding carboxylic acids is 1. The van der Waals surface area contributed by atoms with Gasteiger partial charge in [-0.25, -0.2) is 4.68 Å². The number of aromatic nitrogens is 4. The third kappa shape index (κ3) is 4.78. The number of nitrogens with zero attached hydrogens (tertiary/aromatic N) is 4. The summed E-state index contributed by atoms with van der Waals surface area (Å²) in [6, 6.07) is 17.0. The van der Waals surface area contributed by atoms with Gasteiger partial charge in [-0.1, -0.05) is 30.0 Å². The average Bonchev–Trinajstić information content (AvgIpc) is 3.33. The molecule has 146 valence electrons. The van der Waals surface area contributed by atoms with Crippen molar-refractivity contribution in [3.8, 4) is 17.5 Å². The maximum Gasteiger partial charge on any atom is 0.251 e. The molecule has 0 bridgehead atoms. The Morgan fingerprint density at radius 3 is 2.67 bits per heavy atom. The molecule has 30 heavy (non-hydrogen) atoms. The van der Waals surface area contributed by atoms with Crippen molar-refractivity contribution < 1.29 is 4.79 Å². The van der Waals surface area contributed by atoms with Gasteiger partial charge >= 0.3 is 0 Å². The van der Waals surface area contributed by atoms with Gasteiger partial charge in [0.05, 0.1) is 16.9 Å². The second kappa shape index (κ2) is 9.30. The van der Waals surface area contributed by atoms with Crippen LogP contribution in [0.15, 0.2) is 85.6 Å². The molecule has 0 aliphatic heterocycles. The molecule has 0 saturated heterocycles. The third-order valence-electron chi connectivity index (χ3n) is 4.41. The Morgan fingerprint density at radius 2 is 1.90 bits per heavy atom. The van der Waals surface area contributed by atoms with Crippen molar-refractivity contribution in [3.05, 3.63) is 108 Å². The Labute approximate surface area is 174 Å². The molecule has 2 heterocycles. The molecular weight excluding hydrogens is 374 g/mol. The zero-order valence-corrected chi connectivity index (χ0v) is 16.2. The molecule has 0 saturated carbocycles. The van der Waals surface area contributed by atoms with Crippen molar-refractivity contribution in [1.82, 2.24) is 25.1 Å². The number of nitrogens with one attached hydrogen (secondary N) is 1. The van der Waals surface area contributed by atoms with Crippen molar-refractivity contribution in [2.75, 3.05) is 6.54 Å². The topological polar surface area (TPSA) is 72.7 Å². The Morgan fingerprint density at radius 1 is 1.00 bits per heavy atom. The Kier molecular flexibility index (Phi) is 5.92. The van der Waals surface area contributed by atoms with Crippen LogP contribution in [0.5, 0.6) is 0 Å². The van der Waals surface area contributed by atoms with E-state index in [1.54, 1.807) is 41.6 Å². The molecule has 0 aliphatic rings. The highest BCUT2D eigenvalue weighted by atomic mass is 16.1. The Balaban J connectivity index is 1.55. The molecule has 6 heteroatoms. The van der Waals surface area contributed by atoms with E-state index in [1.807, 2.05) is 48.7 Å². The number of benzene rings is 2. The van der Waals surface area contributed by atoms with Gasteiger partial charge in [0, 0.05) is 55.1 Å². The van der Waals surface area contributed by atoms with Crippen molar-refractivity contribution >= 4 is 5.91 Å². The molecule has 0 unspecified atom stereocenters. The Hall–Kier alpha value is -4.24. The van der Waals surface area contributed by atoms with E-state index in [9.17, 15) is 4.79 Å². The van der Waals surface area contributed by atoms with Crippen molar-refractivity contribution in [2.24, 2.45) is 0 Å². The van der Waals surface area contributed by atoms with Crippen LogP contribution >= 0.6 is 0 Å². The summed E-state index contributed by atoms with van der Waals surface area (Å²) in [5.41, 5.74) is 3.83. The van der Waals surface area contributed by atoms with Crippen LogP contribution in [0.3, 0.4) is 0 Å². The standard InChI is InChI=1S/C24H19N5O/c30-24(27-13-11-22-18-25-14-15-26-22)21-9-10-23(29-16-4-12-28-29)20(17-21)8-7-19-5-2-1-3-6-19/h1-6,9-10,12,14-18H,11,13H2,(H,27,30). The molecule has 1 N–H and O–H groups in total. The summed E-state index contributed by atoms with van der Waals surface area (Å²) < 4.78 is 1.74. The molecule has 2 aromatic carbocycles. The minimum atomic E-state index is -0.159.